The molecule has 2 rings (SSSR count). The van der Waals surface area contributed by atoms with Crippen molar-refractivity contribution in [2.75, 3.05) is 13.7 Å². The minimum Gasteiger partial charge on any atom is -0.469 e. The Balaban J connectivity index is 2.53. The Bertz CT molecular complexity index is 614. The van der Waals surface area contributed by atoms with Gasteiger partial charge in [-0.2, -0.15) is 0 Å². The number of hydrogen-bond acceptors (Lipinski definition) is 3. The highest BCUT2D eigenvalue weighted by atomic mass is 16.5. The van der Waals surface area contributed by atoms with Crippen molar-refractivity contribution in [3.05, 3.63) is 35.5 Å². The molecule has 1 aromatic heterocycles. The zero-order valence-corrected chi connectivity index (χ0v) is 12.3. The Labute approximate surface area is 119 Å². The van der Waals surface area contributed by atoms with Crippen LogP contribution in [0.25, 0.3) is 10.9 Å². The van der Waals surface area contributed by atoms with Gasteiger partial charge in [0.2, 0.25) is 0 Å². The zero-order valence-electron chi connectivity index (χ0n) is 12.3. The maximum atomic E-state index is 11.6. The number of methoxy groups -OCH3 is 1. The van der Waals surface area contributed by atoms with Crippen molar-refractivity contribution < 1.29 is 9.53 Å². The molecule has 0 saturated carbocycles. The van der Waals surface area contributed by atoms with Crippen LogP contribution in [-0.4, -0.2) is 24.2 Å². The fourth-order valence-electron chi connectivity index (χ4n) is 2.44. The molecule has 1 aromatic carbocycles. The summed E-state index contributed by atoms with van der Waals surface area (Å²) in [5, 5.41) is 1.12. The minimum absolute atomic E-state index is 0.216. The molecule has 0 fully saturated rings. The Morgan fingerprint density at radius 2 is 2.15 bits per heavy atom. The molecular weight excluding hydrogens is 252 g/mol. The van der Waals surface area contributed by atoms with Crippen LogP contribution in [0, 0.1) is 0 Å². The molecule has 0 amide bonds. The van der Waals surface area contributed by atoms with Crippen LogP contribution in [-0.2, 0) is 22.5 Å². The third-order valence-electron chi connectivity index (χ3n) is 3.59. The summed E-state index contributed by atoms with van der Waals surface area (Å²) < 4.78 is 6.89. The van der Waals surface area contributed by atoms with Gasteiger partial charge < -0.3 is 15.0 Å². The quantitative estimate of drug-likeness (QED) is 0.852. The van der Waals surface area contributed by atoms with E-state index in [0.29, 0.717) is 18.9 Å². The number of rotatable bonds is 5. The first-order valence-corrected chi connectivity index (χ1v) is 6.95. The Morgan fingerprint density at radius 3 is 2.75 bits per heavy atom. The minimum atomic E-state index is -0.216. The summed E-state index contributed by atoms with van der Waals surface area (Å²) in [5.41, 5.74) is 9.05. The molecule has 0 unspecified atom stereocenters. The first-order valence-electron chi connectivity index (χ1n) is 6.95. The summed E-state index contributed by atoms with van der Waals surface area (Å²) in [5.74, 6) is 0.245. The maximum absolute atomic E-state index is 11.6. The zero-order chi connectivity index (χ0) is 14.7. The average molecular weight is 274 g/mol. The van der Waals surface area contributed by atoms with Gasteiger partial charge in [-0.05, 0) is 29.2 Å². The summed E-state index contributed by atoms with van der Waals surface area (Å²) >= 11 is 0. The lowest BCUT2D eigenvalue weighted by Crippen LogP contribution is -2.09. The second-order valence-corrected chi connectivity index (χ2v) is 5.32. The molecule has 2 N–H and O–H groups in total. The number of benzene rings is 1. The molecule has 4 nitrogen and oxygen atoms in total. The van der Waals surface area contributed by atoms with Gasteiger partial charge in [0, 0.05) is 30.2 Å². The van der Waals surface area contributed by atoms with Crippen molar-refractivity contribution in [2.24, 2.45) is 5.73 Å². The van der Waals surface area contributed by atoms with E-state index in [2.05, 4.69) is 36.6 Å². The highest BCUT2D eigenvalue weighted by molar-refractivity contribution is 5.88. The van der Waals surface area contributed by atoms with Gasteiger partial charge >= 0.3 is 5.97 Å². The van der Waals surface area contributed by atoms with Crippen LogP contribution in [0.2, 0.25) is 0 Å². The molecule has 0 aliphatic heterocycles. The lowest BCUT2D eigenvalue weighted by Gasteiger charge is -2.07. The van der Waals surface area contributed by atoms with Crippen LogP contribution in [0.3, 0.4) is 0 Å². The van der Waals surface area contributed by atoms with E-state index in [0.717, 1.165) is 23.0 Å². The van der Waals surface area contributed by atoms with Crippen molar-refractivity contribution in [2.45, 2.75) is 32.7 Å². The van der Waals surface area contributed by atoms with Crippen LogP contribution >= 0.6 is 0 Å². The molecule has 0 radical (unpaired) electrons. The van der Waals surface area contributed by atoms with Crippen molar-refractivity contribution in [3.8, 4) is 0 Å². The van der Waals surface area contributed by atoms with Gasteiger partial charge in [0.1, 0.15) is 0 Å². The van der Waals surface area contributed by atoms with E-state index in [4.69, 9.17) is 10.5 Å². The Hall–Kier alpha value is -1.81. The highest BCUT2D eigenvalue weighted by Crippen LogP contribution is 2.26. The van der Waals surface area contributed by atoms with Gasteiger partial charge in [-0.25, -0.2) is 0 Å². The summed E-state index contributed by atoms with van der Waals surface area (Å²) in [7, 11) is 1.42. The molecule has 108 valence electrons. The van der Waals surface area contributed by atoms with E-state index in [-0.39, 0.29) is 5.97 Å². The third-order valence-corrected chi connectivity index (χ3v) is 3.59. The summed E-state index contributed by atoms with van der Waals surface area (Å²) in [6, 6.07) is 6.42. The van der Waals surface area contributed by atoms with E-state index in [1.165, 1.54) is 12.7 Å². The topological polar surface area (TPSA) is 57.2 Å². The SMILES string of the molecule is COC(=O)Cc1cn(CCN)c2ccc(C(C)C)cc12. The van der Waals surface area contributed by atoms with Gasteiger partial charge in [-0.1, -0.05) is 19.9 Å². The molecule has 0 aliphatic carbocycles. The number of esters is 1. The summed E-state index contributed by atoms with van der Waals surface area (Å²) in [6.07, 6.45) is 2.31. The molecular formula is C16H22N2O2. The summed E-state index contributed by atoms with van der Waals surface area (Å²) in [6.45, 7) is 5.65. The number of carbonyl (C=O) groups excluding carboxylic acids is 1. The van der Waals surface area contributed by atoms with Crippen molar-refractivity contribution in [3.63, 3.8) is 0 Å². The molecule has 0 spiro atoms. The monoisotopic (exact) mass is 274 g/mol. The summed E-state index contributed by atoms with van der Waals surface area (Å²) in [4.78, 5) is 11.6. The van der Waals surface area contributed by atoms with E-state index >= 15 is 0 Å². The number of aromatic nitrogens is 1. The molecule has 0 bridgehead atoms. The van der Waals surface area contributed by atoms with Crippen LogP contribution in [0.4, 0.5) is 0 Å². The number of fused-ring (bicyclic) bond motifs is 1. The van der Waals surface area contributed by atoms with E-state index in [9.17, 15) is 4.79 Å². The van der Waals surface area contributed by atoms with Gasteiger partial charge in [-0.15, -0.1) is 0 Å². The van der Waals surface area contributed by atoms with Crippen LogP contribution < -0.4 is 5.73 Å². The second kappa shape index (κ2) is 6.09. The van der Waals surface area contributed by atoms with Crippen LogP contribution in [0.1, 0.15) is 30.9 Å². The van der Waals surface area contributed by atoms with Gasteiger partial charge in [-0.3, -0.25) is 4.79 Å². The predicted octanol–water partition coefficient (Wildman–Crippen LogP) is 2.44. The van der Waals surface area contributed by atoms with E-state index in [1.807, 2.05) is 6.20 Å². The molecule has 20 heavy (non-hydrogen) atoms. The second-order valence-electron chi connectivity index (χ2n) is 5.32. The van der Waals surface area contributed by atoms with E-state index < -0.39 is 0 Å². The third kappa shape index (κ3) is 2.85. The number of hydrogen-bond donors (Lipinski definition) is 1. The number of nitrogens with zero attached hydrogens (tertiary/aromatic N) is 1. The molecule has 0 aliphatic rings. The van der Waals surface area contributed by atoms with Crippen LogP contribution in [0.15, 0.2) is 24.4 Å². The Kier molecular flexibility index (Phi) is 4.45. The number of ether oxygens (including phenoxy) is 1. The van der Waals surface area contributed by atoms with Gasteiger partial charge in [0.05, 0.1) is 13.5 Å². The fourth-order valence-corrected chi connectivity index (χ4v) is 2.44. The van der Waals surface area contributed by atoms with Crippen molar-refractivity contribution in [1.29, 1.82) is 0 Å². The predicted molar refractivity (Wildman–Crippen MR) is 80.8 cm³/mol. The van der Waals surface area contributed by atoms with Crippen LogP contribution in [0.5, 0.6) is 0 Å². The largest absolute Gasteiger partial charge is 0.469 e. The van der Waals surface area contributed by atoms with Crippen molar-refractivity contribution in [1.82, 2.24) is 4.57 Å². The number of carbonyl (C=O) groups is 1. The maximum Gasteiger partial charge on any atom is 0.310 e. The Morgan fingerprint density at radius 1 is 1.40 bits per heavy atom. The fraction of sp³-hybridized carbons (Fsp3) is 0.438. The first-order chi connectivity index (χ1) is 9.56. The molecule has 2 aromatic rings. The molecule has 0 saturated heterocycles. The standard InChI is InChI=1S/C16H22N2O2/c1-11(2)12-4-5-15-14(8-12)13(9-16(19)20-3)10-18(15)7-6-17/h4-5,8,10-11H,6-7,9,17H2,1-3H3. The van der Waals surface area contributed by atoms with Crippen molar-refractivity contribution >= 4 is 16.9 Å². The first kappa shape index (κ1) is 14.6. The highest BCUT2D eigenvalue weighted by Gasteiger charge is 2.13. The van der Waals surface area contributed by atoms with E-state index in [1.54, 1.807) is 0 Å². The molecule has 0 atom stereocenters. The molecule has 1 heterocycles. The smallest absolute Gasteiger partial charge is 0.310 e. The van der Waals surface area contributed by atoms with Gasteiger partial charge in [0.25, 0.3) is 0 Å². The average Bonchev–Trinajstić information content (AvgIpc) is 2.76. The molecule has 4 heteroatoms. The lowest BCUT2D eigenvalue weighted by molar-refractivity contribution is -0.139. The number of nitrogens with two attached hydrogens (primary N) is 1. The lowest BCUT2D eigenvalue weighted by atomic mass is 10.00. The normalized spacial score (nSPS) is 11.2. The van der Waals surface area contributed by atoms with Gasteiger partial charge in [0.15, 0.2) is 0 Å².